The number of nitro benzene ring substituents is 1. The fraction of sp³-hybridized carbons (Fsp3) is 0.278. The van der Waals surface area contributed by atoms with Gasteiger partial charge in [0.1, 0.15) is 5.69 Å². The topological polar surface area (TPSA) is 84.3 Å². The maximum atomic E-state index is 12.7. The third-order valence-electron chi connectivity index (χ3n) is 3.98. The number of hydrogen-bond donors (Lipinski definition) is 2. The number of amides is 1. The van der Waals surface area contributed by atoms with Gasteiger partial charge in [-0.15, -0.1) is 0 Å². The van der Waals surface area contributed by atoms with E-state index in [-0.39, 0.29) is 12.1 Å². The van der Waals surface area contributed by atoms with Crippen LogP contribution in [0.1, 0.15) is 28.7 Å². The zero-order valence-electron chi connectivity index (χ0n) is 14.7. The van der Waals surface area contributed by atoms with Crippen LogP contribution in [0.2, 0.25) is 0 Å². The van der Waals surface area contributed by atoms with E-state index in [0.29, 0.717) is 18.6 Å². The molecule has 0 saturated heterocycles. The van der Waals surface area contributed by atoms with Gasteiger partial charge < -0.3 is 0 Å². The van der Waals surface area contributed by atoms with Crippen molar-refractivity contribution in [1.29, 1.82) is 0 Å². The molecule has 6 nitrogen and oxygen atoms in total. The molecule has 2 rings (SSSR count). The van der Waals surface area contributed by atoms with Crippen LogP contribution in [0.15, 0.2) is 36.4 Å². The van der Waals surface area contributed by atoms with Gasteiger partial charge in [-0.2, -0.15) is 13.2 Å². The number of benzene rings is 2. The number of halogens is 3. The van der Waals surface area contributed by atoms with Crippen molar-refractivity contribution in [2.75, 3.05) is 5.43 Å². The summed E-state index contributed by atoms with van der Waals surface area (Å²) in [5.41, 5.74) is 5.61. The Kier molecular flexibility index (Phi) is 6.04. The predicted octanol–water partition coefficient (Wildman–Crippen LogP) is 4.31. The first-order valence-corrected chi connectivity index (χ1v) is 8.04. The van der Waals surface area contributed by atoms with Gasteiger partial charge in [-0.1, -0.05) is 23.8 Å². The second-order valence-corrected chi connectivity index (χ2v) is 6.09. The number of anilines is 1. The maximum Gasteiger partial charge on any atom is 0.416 e. The van der Waals surface area contributed by atoms with Crippen molar-refractivity contribution in [3.63, 3.8) is 0 Å². The molecule has 2 N–H and O–H groups in total. The van der Waals surface area contributed by atoms with Crippen LogP contribution in [-0.2, 0) is 17.4 Å². The van der Waals surface area contributed by atoms with Crippen molar-refractivity contribution in [1.82, 2.24) is 5.43 Å². The molecule has 0 heterocycles. The zero-order valence-corrected chi connectivity index (χ0v) is 14.7. The summed E-state index contributed by atoms with van der Waals surface area (Å²) in [7, 11) is 0. The van der Waals surface area contributed by atoms with Gasteiger partial charge in [0.05, 0.1) is 10.5 Å². The van der Waals surface area contributed by atoms with E-state index in [1.807, 2.05) is 32.0 Å². The van der Waals surface area contributed by atoms with Gasteiger partial charge in [0.25, 0.3) is 5.69 Å². The van der Waals surface area contributed by atoms with Crippen molar-refractivity contribution < 1.29 is 22.9 Å². The molecule has 0 aromatic heterocycles. The third-order valence-corrected chi connectivity index (χ3v) is 3.98. The molecule has 0 saturated carbocycles. The zero-order chi connectivity index (χ0) is 20.2. The monoisotopic (exact) mass is 381 g/mol. The summed E-state index contributed by atoms with van der Waals surface area (Å²) < 4.78 is 38.1. The minimum atomic E-state index is -4.70. The Morgan fingerprint density at radius 3 is 2.44 bits per heavy atom. The van der Waals surface area contributed by atoms with Crippen molar-refractivity contribution in [3.05, 3.63) is 68.8 Å². The van der Waals surface area contributed by atoms with Crippen molar-refractivity contribution in [2.24, 2.45) is 0 Å². The number of rotatable bonds is 6. The van der Waals surface area contributed by atoms with Crippen molar-refractivity contribution in [3.8, 4) is 0 Å². The molecule has 0 atom stereocenters. The highest BCUT2D eigenvalue weighted by molar-refractivity contribution is 5.78. The minimum absolute atomic E-state index is 0.116. The number of nitro groups is 1. The molecule has 144 valence electrons. The maximum absolute atomic E-state index is 12.7. The lowest BCUT2D eigenvalue weighted by Crippen LogP contribution is -2.30. The number of alkyl halides is 3. The highest BCUT2D eigenvalue weighted by Gasteiger charge is 2.33. The van der Waals surface area contributed by atoms with Crippen LogP contribution in [-0.4, -0.2) is 10.8 Å². The molecule has 2 aromatic carbocycles. The summed E-state index contributed by atoms with van der Waals surface area (Å²) in [6.45, 7) is 3.90. The highest BCUT2D eigenvalue weighted by Crippen LogP contribution is 2.34. The lowest BCUT2D eigenvalue weighted by molar-refractivity contribution is -0.384. The fourth-order valence-corrected chi connectivity index (χ4v) is 2.54. The molecular formula is C18H18F3N3O3. The first-order valence-electron chi connectivity index (χ1n) is 8.04. The average Bonchev–Trinajstić information content (AvgIpc) is 2.58. The smallest absolute Gasteiger partial charge is 0.292 e. The fourth-order valence-electron chi connectivity index (χ4n) is 2.54. The van der Waals surface area contributed by atoms with Gasteiger partial charge in [-0.25, -0.2) is 0 Å². The van der Waals surface area contributed by atoms with Gasteiger partial charge in [0.2, 0.25) is 5.91 Å². The van der Waals surface area contributed by atoms with Gasteiger partial charge in [-0.05, 0) is 43.5 Å². The molecule has 0 bridgehead atoms. The lowest BCUT2D eigenvalue weighted by atomic mass is 10.0. The van der Waals surface area contributed by atoms with E-state index >= 15 is 0 Å². The predicted molar refractivity (Wildman–Crippen MR) is 94.1 cm³/mol. The number of nitrogens with zero attached hydrogens (tertiary/aromatic N) is 1. The summed E-state index contributed by atoms with van der Waals surface area (Å²) in [6.07, 6.45) is -4.11. The molecule has 0 fully saturated rings. The van der Waals surface area contributed by atoms with Crippen LogP contribution in [0.25, 0.3) is 0 Å². The Balaban J connectivity index is 2.01. The second-order valence-electron chi connectivity index (χ2n) is 6.09. The van der Waals surface area contributed by atoms with Crippen molar-refractivity contribution >= 4 is 17.3 Å². The van der Waals surface area contributed by atoms with E-state index in [4.69, 9.17) is 0 Å². The second kappa shape index (κ2) is 8.07. The summed E-state index contributed by atoms with van der Waals surface area (Å²) in [5, 5.41) is 11.0. The molecule has 2 aromatic rings. The summed E-state index contributed by atoms with van der Waals surface area (Å²) in [6, 6.07) is 7.89. The Morgan fingerprint density at radius 2 is 1.85 bits per heavy atom. The Hall–Kier alpha value is -3.10. The quantitative estimate of drug-likeness (QED) is 0.577. The number of aryl methyl sites for hydroxylation is 3. The highest BCUT2D eigenvalue weighted by atomic mass is 19.4. The molecule has 0 aliphatic heterocycles. The minimum Gasteiger partial charge on any atom is -0.292 e. The number of carbonyl (C=O) groups is 1. The van der Waals surface area contributed by atoms with E-state index in [9.17, 15) is 28.1 Å². The first kappa shape index (κ1) is 20.2. The largest absolute Gasteiger partial charge is 0.416 e. The molecule has 0 unspecified atom stereocenters. The Bertz CT molecular complexity index is 867. The van der Waals surface area contributed by atoms with E-state index in [1.165, 1.54) is 0 Å². The number of carbonyl (C=O) groups excluding carboxylic acids is 1. The molecular weight excluding hydrogens is 363 g/mol. The standard InChI is InChI=1S/C18H18F3N3O3/c1-11-3-4-13(12(2)9-11)5-8-17(25)23-22-15-7-6-14(18(19,20)21)10-16(15)24(26)27/h3-4,6-7,9-10,22H,5,8H2,1-2H3,(H,23,25). The number of hydrazine groups is 1. The van der Waals surface area contributed by atoms with Crippen LogP contribution in [0.5, 0.6) is 0 Å². The van der Waals surface area contributed by atoms with Crippen LogP contribution in [0.3, 0.4) is 0 Å². The summed E-state index contributed by atoms with van der Waals surface area (Å²) in [4.78, 5) is 22.0. The van der Waals surface area contributed by atoms with Crippen LogP contribution in [0.4, 0.5) is 24.5 Å². The normalized spacial score (nSPS) is 11.1. The lowest BCUT2D eigenvalue weighted by Gasteiger charge is -2.12. The SMILES string of the molecule is Cc1ccc(CCC(=O)NNc2ccc(C(F)(F)F)cc2[N+](=O)[O-])c(C)c1. The summed E-state index contributed by atoms with van der Waals surface area (Å²) in [5.74, 6) is -0.441. The molecule has 0 aliphatic rings. The van der Waals surface area contributed by atoms with Gasteiger partial charge in [0, 0.05) is 12.5 Å². The average molecular weight is 381 g/mol. The van der Waals surface area contributed by atoms with Crippen LogP contribution >= 0.6 is 0 Å². The van der Waals surface area contributed by atoms with Gasteiger partial charge in [-0.3, -0.25) is 25.8 Å². The molecule has 27 heavy (non-hydrogen) atoms. The van der Waals surface area contributed by atoms with Gasteiger partial charge >= 0.3 is 6.18 Å². The first-order chi connectivity index (χ1) is 12.6. The van der Waals surface area contributed by atoms with Crippen LogP contribution < -0.4 is 10.9 Å². The Labute approximate surface area is 153 Å². The van der Waals surface area contributed by atoms with E-state index in [1.54, 1.807) is 0 Å². The molecule has 9 heteroatoms. The van der Waals surface area contributed by atoms with Gasteiger partial charge in [0.15, 0.2) is 0 Å². The van der Waals surface area contributed by atoms with E-state index < -0.39 is 28.3 Å². The summed E-state index contributed by atoms with van der Waals surface area (Å²) >= 11 is 0. The molecule has 0 spiro atoms. The molecule has 0 radical (unpaired) electrons. The number of nitrogens with one attached hydrogen (secondary N) is 2. The van der Waals surface area contributed by atoms with E-state index in [0.717, 1.165) is 22.8 Å². The van der Waals surface area contributed by atoms with E-state index in [2.05, 4.69) is 10.9 Å². The molecule has 0 aliphatic carbocycles. The molecule has 1 amide bonds. The number of hydrogen-bond acceptors (Lipinski definition) is 4. The Morgan fingerprint density at radius 1 is 1.15 bits per heavy atom. The van der Waals surface area contributed by atoms with Crippen LogP contribution in [0, 0.1) is 24.0 Å². The third kappa shape index (κ3) is 5.44. The van der Waals surface area contributed by atoms with Crippen molar-refractivity contribution in [2.45, 2.75) is 32.9 Å².